The van der Waals surface area contributed by atoms with E-state index in [-0.39, 0.29) is 25.1 Å². The molecule has 1 unspecified atom stereocenters. The summed E-state index contributed by atoms with van der Waals surface area (Å²) < 4.78 is 23.8. The maximum atomic E-state index is 13.9. The Bertz CT molecular complexity index is 576. The fraction of sp³-hybridized carbons (Fsp3) is 0.429. The van der Waals surface area contributed by atoms with Gasteiger partial charge in [0.25, 0.3) is 5.91 Å². The second-order valence-electron chi connectivity index (χ2n) is 4.83. The van der Waals surface area contributed by atoms with Gasteiger partial charge in [0.2, 0.25) is 0 Å². The maximum absolute atomic E-state index is 13.9. The number of hydrogen-bond acceptors (Lipinski definition) is 4. The van der Waals surface area contributed by atoms with Crippen LogP contribution in [0.1, 0.15) is 16.8 Å². The van der Waals surface area contributed by atoms with Gasteiger partial charge in [0.1, 0.15) is 11.6 Å². The summed E-state index contributed by atoms with van der Waals surface area (Å²) in [5.41, 5.74) is -1.54. The van der Waals surface area contributed by atoms with Crippen molar-refractivity contribution in [3.63, 3.8) is 0 Å². The van der Waals surface area contributed by atoms with Gasteiger partial charge in [-0.05, 0) is 12.1 Å². The Kier molecular flexibility index (Phi) is 4.13. The number of likely N-dealkylation sites (tertiary alicyclic amines) is 1. The number of rotatable bonds is 4. The minimum Gasteiger partial charge on any atom is -0.497 e. The van der Waals surface area contributed by atoms with Crippen molar-refractivity contribution in [3.8, 4) is 5.75 Å². The van der Waals surface area contributed by atoms with Crippen LogP contribution in [0.3, 0.4) is 0 Å². The largest absolute Gasteiger partial charge is 0.497 e. The molecule has 1 saturated heterocycles. The highest BCUT2D eigenvalue weighted by atomic mass is 19.1. The molecule has 21 heavy (non-hydrogen) atoms. The Morgan fingerprint density at radius 1 is 1.38 bits per heavy atom. The molecule has 1 aromatic rings. The highest BCUT2D eigenvalue weighted by Crippen LogP contribution is 2.27. The number of nitrogens with zero attached hydrogens (tertiary/aromatic N) is 1. The lowest BCUT2D eigenvalue weighted by Crippen LogP contribution is -2.44. The Morgan fingerprint density at radius 2 is 2.10 bits per heavy atom. The summed E-state index contributed by atoms with van der Waals surface area (Å²) in [6.07, 6.45) is 0.169. The smallest absolute Gasteiger partial charge is 0.337 e. The quantitative estimate of drug-likeness (QED) is 0.902. The highest BCUT2D eigenvalue weighted by Gasteiger charge is 2.47. The van der Waals surface area contributed by atoms with Crippen LogP contribution in [0.5, 0.6) is 5.75 Å². The second kappa shape index (κ2) is 5.69. The fourth-order valence-corrected chi connectivity index (χ4v) is 2.35. The van der Waals surface area contributed by atoms with Crippen LogP contribution in [-0.2, 0) is 9.53 Å². The zero-order valence-corrected chi connectivity index (χ0v) is 11.8. The molecule has 1 heterocycles. The summed E-state index contributed by atoms with van der Waals surface area (Å²) in [7, 11) is 2.69. The molecule has 114 valence electrons. The lowest BCUT2D eigenvalue weighted by Gasteiger charge is -2.23. The van der Waals surface area contributed by atoms with Crippen molar-refractivity contribution in [2.24, 2.45) is 0 Å². The predicted molar refractivity (Wildman–Crippen MR) is 70.8 cm³/mol. The van der Waals surface area contributed by atoms with Crippen LogP contribution in [0.25, 0.3) is 0 Å². The number of benzene rings is 1. The third-order valence-corrected chi connectivity index (χ3v) is 3.71. The van der Waals surface area contributed by atoms with Gasteiger partial charge in [-0.25, -0.2) is 9.18 Å². The first-order valence-corrected chi connectivity index (χ1v) is 6.35. The van der Waals surface area contributed by atoms with E-state index in [0.717, 1.165) is 6.07 Å². The van der Waals surface area contributed by atoms with Crippen molar-refractivity contribution in [1.82, 2.24) is 4.90 Å². The molecule has 1 atom stereocenters. The Hall–Kier alpha value is -2.15. The van der Waals surface area contributed by atoms with Gasteiger partial charge in [-0.1, -0.05) is 0 Å². The Morgan fingerprint density at radius 3 is 2.57 bits per heavy atom. The molecular weight excluding hydrogens is 281 g/mol. The number of hydrogen-bond donors (Lipinski definition) is 1. The van der Waals surface area contributed by atoms with Gasteiger partial charge in [-0.3, -0.25) is 4.79 Å². The zero-order chi connectivity index (χ0) is 15.6. The number of carbonyl (C=O) groups excluding carboxylic acids is 1. The number of amides is 1. The molecule has 2 rings (SSSR count). The number of carbonyl (C=O) groups is 2. The molecule has 1 fully saturated rings. The average molecular weight is 297 g/mol. The third kappa shape index (κ3) is 2.69. The van der Waals surface area contributed by atoms with Gasteiger partial charge < -0.3 is 19.5 Å². The molecule has 1 aliphatic rings. The normalized spacial score (nSPS) is 21.4. The lowest BCUT2D eigenvalue weighted by molar-refractivity contribution is -0.160. The highest BCUT2D eigenvalue weighted by molar-refractivity contribution is 5.95. The summed E-state index contributed by atoms with van der Waals surface area (Å²) in [4.78, 5) is 24.8. The van der Waals surface area contributed by atoms with E-state index in [9.17, 15) is 19.1 Å². The minimum atomic E-state index is -1.42. The summed E-state index contributed by atoms with van der Waals surface area (Å²) in [6, 6.07) is 3.92. The van der Waals surface area contributed by atoms with Crippen LogP contribution < -0.4 is 4.74 Å². The number of aliphatic carboxylic acids is 1. The Balaban J connectivity index is 2.21. The van der Waals surface area contributed by atoms with E-state index < -0.39 is 23.3 Å². The van der Waals surface area contributed by atoms with Crippen LogP contribution >= 0.6 is 0 Å². The van der Waals surface area contributed by atoms with Gasteiger partial charge in [0.05, 0.1) is 19.2 Å². The maximum Gasteiger partial charge on any atom is 0.337 e. The van der Waals surface area contributed by atoms with Gasteiger partial charge in [-0.2, -0.15) is 0 Å². The molecule has 1 amide bonds. The van der Waals surface area contributed by atoms with Crippen molar-refractivity contribution in [3.05, 3.63) is 29.6 Å². The molecule has 7 heteroatoms. The van der Waals surface area contributed by atoms with Crippen molar-refractivity contribution in [2.45, 2.75) is 12.0 Å². The van der Waals surface area contributed by atoms with E-state index in [4.69, 9.17) is 9.47 Å². The van der Waals surface area contributed by atoms with Crippen LogP contribution in [0, 0.1) is 5.82 Å². The molecule has 1 aromatic carbocycles. The van der Waals surface area contributed by atoms with E-state index >= 15 is 0 Å². The molecule has 0 aromatic heterocycles. The fourth-order valence-electron chi connectivity index (χ4n) is 2.35. The van der Waals surface area contributed by atoms with Crippen molar-refractivity contribution in [2.75, 3.05) is 27.3 Å². The second-order valence-corrected chi connectivity index (χ2v) is 4.83. The number of carboxylic acid groups (broad SMARTS) is 1. The molecule has 6 nitrogen and oxygen atoms in total. The van der Waals surface area contributed by atoms with Crippen LogP contribution in [0.4, 0.5) is 4.39 Å². The predicted octanol–water partition coefficient (Wildman–Crippen LogP) is 1.15. The molecule has 0 spiro atoms. The summed E-state index contributed by atoms with van der Waals surface area (Å²) in [6.45, 7) is 0.0909. The van der Waals surface area contributed by atoms with E-state index in [2.05, 4.69) is 0 Å². The minimum absolute atomic E-state index is 0.108. The van der Waals surface area contributed by atoms with E-state index in [1.807, 2.05) is 0 Å². The van der Waals surface area contributed by atoms with E-state index in [0.29, 0.717) is 5.75 Å². The monoisotopic (exact) mass is 297 g/mol. The third-order valence-electron chi connectivity index (χ3n) is 3.71. The first-order chi connectivity index (χ1) is 9.93. The summed E-state index contributed by atoms with van der Waals surface area (Å²) in [5, 5.41) is 9.20. The molecule has 1 N–H and O–H groups in total. The van der Waals surface area contributed by atoms with Crippen LogP contribution in [-0.4, -0.2) is 54.8 Å². The lowest BCUT2D eigenvalue weighted by atomic mass is 10.0. The van der Waals surface area contributed by atoms with Crippen molar-refractivity contribution >= 4 is 11.9 Å². The molecular formula is C14H16FNO5. The van der Waals surface area contributed by atoms with E-state index in [1.165, 1.54) is 31.3 Å². The first-order valence-electron chi connectivity index (χ1n) is 6.35. The molecule has 1 aliphatic heterocycles. The number of halogens is 1. The number of ether oxygens (including phenoxy) is 2. The zero-order valence-electron chi connectivity index (χ0n) is 11.8. The molecule has 0 radical (unpaired) electrons. The molecule has 0 aliphatic carbocycles. The molecule has 0 bridgehead atoms. The standard InChI is InChI=1S/C14H16FNO5/c1-20-9-3-4-10(11(15)7-9)12(17)16-6-5-14(8-16,21-2)13(18)19/h3-4,7H,5-6,8H2,1-2H3,(H,18,19). The summed E-state index contributed by atoms with van der Waals surface area (Å²) in [5.74, 6) is -2.09. The van der Waals surface area contributed by atoms with Gasteiger partial charge in [-0.15, -0.1) is 0 Å². The van der Waals surface area contributed by atoms with E-state index in [1.54, 1.807) is 0 Å². The topological polar surface area (TPSA) is 76.1 Å². The van der Waals surface area contributed by atoms with Crippen LogP contribution in [0.15, 0.2) is 18.2 Å². The SMILES string of the molecule is COc1ccc(C(=O)N2CCC(OC)(C(=O)O)C2)c(F)c1. The number of methoxy groups -OCH3 is 2. The van der Waals surface area contributed by atoms with Gasteiger partial charge in [0, 0.05) is 26.1 Å². The Labute approximate surface area is 121 Å². The van der Waals surface area contributed by atoms with Crippen molar-refractivity contribution < 1.29 is 28.6 Å². The number of carboxylic acids is 1. The average Bonchev–Trinajstić information content (AvgIpc) is 2.92. The molecule has 0 saturated carbocycles. The first kappa shape index (κ1) is 15.2. The van der Waals surface area contributed by atoms with Crippen molar-refractivity contribution in [1.29, 1.82) is 0 Å². The van der Waals surface area contributed by atoms with Gasteiger partial charge >= 0.3 is 5.97 Å². The van der Waals surface area contributed by atoms with Gasteiger partial charge in [0.15, 0.2) is 5.60 Å². The summed E-state index contributed by atoms with van der Waals surface area (Å²) >= 11 is 0. The van der Waals surface area contributed by atoms with Crippen LogP contribution in [0.2, 0.25) is 0 Å².